The predicted octanol–water partition coefficient (Wildman–Crippen LogP) is 2.05. The normalized spacial score (nSPS) is 22.1. The van der Waals surface area contributed by atoms with Crippen LogP contribution in [-0.4, -0.2) is 37.5 Å². The van der Waals surface area contributed by atoms with Gasteiger partial charge in [0.2, 0.25) is 0 Å². The van der Waals surface area contributed by atoms with Crippen LogP contribution in [0.2, 0.25) is 0 Å². The SMILES string of the molecule is COc1ccc(N2CC(O)CC2(C)C)c(OC)c1. The zero-order valence-electron chi connectivity index (χ0n) is 11.4. The van der Waals surface area contributed by atoms with Gasteiger partial charge in [-0.15, -0.1) is 0 Å². The molecular formula is C14H21NO3. The van der Waals surface area contributed by atoms with Crippen LogP contribution in [0.4, 0.5) is 5.69 Å². The fourth-order valence-corrected chi connectivity index (χ4v) is 2.64. The number of nitrogens with zero attached hydrogens (tertiary/aromatic N) is 1. The maximum atomic E-state index is 9.85. The van der Waals surface area contributed by atoms with Crippen LogP contribution in [0.15, 0.2) is 18.2 Å². The van der Waals surface area contributed by atoms with Crippen LogP contribution in [0.1, 0.15) is 20.3 Å². The molecule has 1 saturated heterocycles. The molecule has 1 unspecified atom stereocenters. The second-order valence-corrected chi connectivity index (χ2v) is 5.32. The maximum absolute atomic E-state index is 9.85. The lowest BCUT2D eigenvalue weighted by atomic mass is 10.0. The molecule has 0 bridgehead atoms. The zero-order valence-corrected chi connectivity index (χ0v) is 11.4. The number of ether oxygens (including phenoxy) is 2. The summed E-state index contributed by atoms with van der Waals surface area (Å²) in [6.07, 6.45) is 0.481. The maximum Gasteiger partial charge on any atom is 0.145 e. The molecule has 1 fully saturated rings. The minimum atomic E-state index is -0.285. The van der Waals surface area contributed by atoms with Gasteiger partial charge >= 0.3 is 0 Å². The first-order valence-electron chi connectivity index (χ1n) is 6.15. The van der Waals surface area contributed by atoms with E-state index in [2.05, 4.69) is 18.7 Å². The van der Waals surface area contributed by atoms with Gasteiger partial charge in [-0.3, -0.25) is 0 Å². The molecule has 0 saturated carbocycles. The van der Waals surface area contributed by atoms with E-state index in [1.165, 1.54) is 0 Å². The molecule has 0 aromatic heterocycles. The first kappa shape index (κ1) is 13.0. The highest BCUT2D eigenvalue weighted by molar-refractivity contribution is 5.63. The molecule has 0 aliphatic carbocycles. The number of hydrogen-bond donors (Lipinski definition) is 1. The Labute approximate surface area is 108 Å². The van der Waals surface area contributed by atoms with Crippen molar-refractivity contribution in [3.63, 3.8) is 0 Å². The van der Waals surface area contributed by atoms with Gasteiger partial charge in [-0.2, -0.15) is 0 Å². The van der Waals surface area contributed by atoms with Gasteiger partial charge in [-0.25, -0.2) is 0 Å². The van der Waals surface area contributed by atoms with Crippen LogP contribution in [-0.2, 0) is 0 Å². The molecule has 1 aromatic carbocycles. The van der Waals surface area contributed by atoms with Gasteiger partial charge < -0.3 is 19.5 Å². The molecule has 2 rings (SSSR count). The smallest absolute Gasteiger partial charge is 0.145 e. The number of anilines is 1. The Morgan fingerprint density at radius 2 is 2.00 bits per heavy atom. The van der Waals surface area contributed by atoms with Crippen molar-refractivity contribution >= 4 is 5.69 Å². The molecule has 1 atom stereocenters. The summed E-state index contributed by atoms with van der Waals surface area (Å²) in [7, 11) is 3.29. The molecule has 0 radical (unpaired) electrons. The summed E-state index contributed by atoms with van der Waals surface area (Å²) < 4.78 is 10.6. The Morgan fingerprint density at radius 3 is 2.50 bits per heavy atom. The van der Waals surface area contributed by atoms with Crippen LogP contribution in [0.3, 0.4) is 0 Å². The summed E-state index contributed by atoms with van der Waals surface area (Å²) >= 11 is 0. The fraction of sp³-hybridized carbons (Fsp3) is 0.571. The lowest BCUT2D eigenvalue weighted by Crippen LogP contribution is -2.38. The summed E-state index contributed by atoms with van der Waals surface area (Å²) in [6.45, 7) is 4.90. The second kappa shape index (κ2) is 4.69. The van der Waals surface area contributed by atoms with Crippen molar-refractivity contribution in [3.05, 3.63) is 18.2 Å². The monoisotopic (exact) mass is 251 g/mol. The highest BCUT2D eigenvalue weighted by Gasteiger charge is 2.38. The standard InChI is InChI=1S/C14H21NO3/c1-14(2)8-10(16)9-15(14)12-6-5-11(17-3)7-13(12)18-4/h5-7,10,16H,8-9H2,1-4H3. The van der Waals surface area contributed by atoms with E-state index in [-0.39, 0.29) is 11.6 Å². The van der Waals surface area contributed by atoms with E-state index >= 15 is 0 Å². The highest BCUT2D eigenvalue weighted by Crippen LogP contribution is 2.40. The fourth-order valence-electron chi connectivity index (χ4n) is 2.64. The minimum absolute atomic E-state index is 0.0682. The molecule has 4 nitrogen and oxygen atoms in total. The number of hydrogen-bond acceptors (Lipinski definition) is 4. The van der Waals surface area contributed by atoms with Crippen molar-refractivity contribution < 1.29 is 14.6 Å². The van der Waals surface area contributed by atoms with E-state index in [9.17, 15) is 5.11 Å². The van der Waals surface area contributed by atoms with E-state index in [0.29, 0.717) is 6.54 Å². The van der Waals surface area contributed by atoms with Gasteiger partial charge in [0.1, 0.15) is 11.5 Å². The Balaban J connectivity index is 2.38. The van der Waals surface area contributed by atoms with Gasteiger partial charge in [-0.1, -0.05) is 0 Å². The van der Waals surface area contributed by atoms with E-state index in [1.807, 2.05) is 18.2 Å². The molecule has 18 heavy (non-hydrogen) atoms. The molecule has 1 aliphatic rings. The highest BCUT2D eigenvalue weighted by atomic mass is 16.5. The first-order valence-corrected chi connectivity index (χ1v) is 6.15. The van der Waals surface area contributed by atoms with Crippen LogP contribution < -0.4 is 14.4 Å². The molecule has 1 N–H and O–H groups in total. The van der Waals surface area contributed by atoms with Crippen LogP contribution >= 0.6 is 0 Å². The van der Waals surface area contributed by atoms with E-state index < -0.39 is 0 Å². The van der Waals surface area contributed by atoms with E-state index in [4.69, 9.17) is 9.47 Å². The summed E-state index contributed by atoms with van der Waals surface area (Å²) in [5, 5.41) is 9.85. The number of β-amino-alcohol motifs (C(OH)–C–C–N with tert-alkyl or cyclic N) is 1. The minimum Gasteiger partial charge on any atom is -0.497 e. The summed E-state index contributed by atoms with van der Waals surface area (Å²) in [5.74, 6) is 1.55. The van der Waals surface area contributed by atoms with E-state index in [1.54, 1.807) is 14.2 Å². The van der Waals surface area contributed by atoms with Crippen molar-refractivity contribution in [1.82, 2.24) is 0 Å². The first-order chi connectivity index (χ1) is 8.47. The predicted molar refractivity (Wildman–Crippen MR) is 71.6 cm³/mol. The molecule has 100 valence electrons. The molecule has 4 heteroatoms. The Morgan fingerprint density at radius 1 is 1.28 bits per heavy atom. The molecule has 1 heterocycles. The Kier molecular flexibility index (Phi) is 3.39. The van der Waals surface area contributed by atoms with Crippen molar-refractivity contribution in [1.29, 1.82) is 0 Å². The molecule has 0 amide bonds. The topological polar surface area (TPSA) is 41.9 Å². The van der Waals surface area contributed by atoms with Gasteiger partial charge in [0, 0.05) is 18.2 Å². The van der Waals surface area contributed by atoms with Crippen LogP contribution in [0.25, 0.3) is 0 Å². The third kappa shape index (κ3) is 2.25. The van der Waals surface area contributed by atoms with Gasteiger partial charge in [0.25, 0.3) is 0 Å². The quantitative estimate of drug-likeness (QED) is 0.893. The van der Waals surface area contributed by atoms with Crippen molar-refractivity contribution in [2.24, 2.45) is 0 Å². The number of benzene rings is 1. The van der Waals surface area contributed by atoms with Crippen LogP contribution in [0.5, 0.6) is 11.5 Å². The summed E-state index contributed by atoms with van der Waals surface area (Å²) in [5.41, 5.74) is 0.932. The molecule has 0 spiro atoms. The second-order valence-electron chi connectivity index (χ2n) is 5.32. The van der Waals surface area contributed by atoms with Crippen molar-refractivity contribution in [3.8, 4) is 11.5 Å². The average Bonchev–Trinajstić information content (AvgIpc) is 2.61. The number of aliphatic hydroxyl groups is 1. The third-order valence-corrected chi connectivity index (χ3v) is 3.54. The molecule has 1 aromatic rings. The number of rotatable bonds is 3. The largest absolute Gasteiger partial charge is 0.497 e. The van der Waals surface area contributed by atoms with Gasteiger partial charge in [0.05, 0.1) is 26.0 Å². The van der Waals surface area contributed by atoms with Gasteiger partial charge in [0.15, 0.2) is 0 Å². The lowest BCUT2D eigenvalue weighted by molar-refractivity contribution is 0.188. The van der Waals surface area contributed by atoms with Crippen molar-refractivity contribution in [2.45, 2.75) is 31.9 Å². The average molecular weight is 251 g/mol. The number of aliphatic hydroxyl groups excluding tert-OH is 1. The Bertz CT molecular complexity index is 431. The lowest BCUT2D eigenvalue weighted by Gasteiger charge is -2.34. The van der Waals surface area contributed by atoms with Crippen molar-refractivity contribution in [2.75, 3.05) is 25.7 Å². The summed E-state index contributed by atoms with van der Waals surface area (Å²) in [4.78, 5) is 2.19. The third-order valence-electron chi connectivity index (χ3n) is 3.54. The zero-order chi connectivity index (χ0) is 13.3. The van der Waals surface area contributed by atoms with Crippen LogP contribution in [0, 0.1) is 0 Å². The van der Waals surface area contributed by atoms with Gasteiger partial charge in [-0.05, 0) is 32.4 Å². The van der Waals surface area contributed by atoms with E-state index in [0.717, 1.165) is 23.6 Å². The molecular weight excluding hydrogens is 230 g/mol. The number of methoxy groups -OCH3 is 2. The summed E-state index contributed by atoms with van der Waals surface area (Å²) in [6, 6.07) is 5.77. The Hall–Kier alpha value is -1.42. The molecule has 1 aliphatic heterocycles.